The molecule has 4 unspecified atom stereocenters. The van der Waals surface area contributed by atoms with Crippen LogP contribution in [-0.2, 0) is 10.8 Å². The van der Waals surface area contributed by atoms with Crippen LogP contribution < -0.4 is 0 Å². The van der Waals surface area contributed by atoms with E-state index in [-0.39, 0.29) is 10.8 Å². The maximum Gasteiger partial charge on any atom is 0.115 e. The molecule has 8 bridgehead atoms. The minimum absolute atomic E-state index is 0.238. The molecule has 0 saturated heterocycles. The highest BCUT2D eigenvalue weighted by Gasteiger charge is 2.77. The molecule has 42 heavy (non-hydrogen) atoms. The molecule has 2 aromatic rings. The number of aromatic hydroxyl groups is 2. The molecule has 2 aromatic carbocycles. The fraction of sp³-hybridized carbons (Fsp3) is 0.700. The number of phenolic OH excluding ortho intramolecular Hbond substituents is 2. The lowest BCUT2D eigenvalue weighted by molar-refractivity contribution is -0.286. The van der Waals surface area contributed by atoms with Crippen molar-refractivity contribution in [1.82, 2.24) is 0 Å². The summed E-state index contributed by atoms with van der Waals surface area (Å²) >= 11 is 0. The Labute approximate surface area is 254 Å². The Kier molecular flexibility index (Phi) is 5.51. The summed E-state index contributed by atoms with van der Waals surface area (Å²) in [5, 5.41) is 20.6. The van der Waals surface area contributed by atoms with Gasteiger partial charge in [0.2, 0.25) is 0 Å². The normalized spacial score (nSPS) is 48.2. The van der Waals surface area contributed by atoms with Crippen molar-refractivity contribution in [1.29, 1.82) is 0 Å². The summed E-state index contributed by atoms with van der Waals surface area (Å²) in [5.41, 5.74) is 6.05. The third kappa shape index (κ3) is 3.45. The van der Waals surface area contributed by atoms with Crippen LogP contribution in [0.5, 0.6) is 11.5 Å². The Morgan fingerprint density at radius 2 is 0.690 bits per heavy atom. The molecule has 10 rings (SSSR count). The third-order valence-electron chi connectivity index (χ3n) is 15.6. The summed E-state index contributed by atoms with van der Waals surface area (Å²) in [6, 6.07) is 17.1. The number of phenols is 2. The van der Waals surface area contributed by atoms with E-state index < -0.39 is 0 Å². The highest BCUT2D eigenvalue weighted by atomic mass is 16.3. The molecule has 2 nitrogen and oxygen atoms in total. The molecule has 2 N–H and O–H groups in total. The van der Waals surface area contributed by atoms with Crippen LogP contribution in [0.4, 0.5) is 0 Å². The van der Waals surface area contributed by atoms with Gasteiger partial charge in [0, 0.05) is 0 Å². The van der Waals surface area contributed by atoms with Gasteiger partial charge in [-0.05, 0) is 156 Å². The topological polar surface area (TPSA) is 40.5 Å². The fourth-order valence-corrected chi connectivity index (χ4v) is 15.0. The van der Waals surface area contributed by atoms with Gasteiger partial charge in [0.05, 0.1) is 0 Å². The molecule has 4 atom stereocenters. The highest BCUT2D eigenvalue weighted by Crippen LogP contribution is 2.86. The molecule has 8 fully saturated rings. The van der Waals surface area contributed by atoms with Gasteiger partial charge >= 0.3 is 0 Å². The maximum atomic E-state index is 10.3. The molecule has 0 amide bonds. The molecular formula is C40H54O2. The quantitative estimate of drug-likeness (QED) is 0.350. The smallest absolute Gasteiger partial charge is 0.115 e. The van der Waals surface area contributed by atoms with Crippen molar-refractivity contribution < 1.29 is 10.2 Å². The predicted octanol–water partition coefficient (Wildman–Crippen LogP) is 10.6. The predicted molar refractivity (Wildman–Crippen MR) is 171 cm³/mol. The zero-order valence-corrected chi connectivity index (χ0v) is 26.8. The Bertz CT molecular complexity index is 1240. The first-order valence-corrected chi connectivity index (χ1v) is 17.6. The number of rotatable bonds is 7. The van der Waals surface area contributed by atoms with Gasteiger partial charge in [0.1, 0.15) is 11.5 Å². The number of hydrogen-bond acceptors (Lipinski definition) is 2. The second kappa shape index (κ2) is 8.39. The van der Waals surface area contributed by atoms with E-state index >= 15 is 0 Å². The maximum absolute atomic E-state index is 10.3. The van der Waals surface area contributed by atoms with Gasteiger partial charge in [-0.2, -0.15) is 0 Å². The molecule has 226 valence electrons. The molecule has 0 radical (unpaired) electrons. The van der Waals surface area contributed by atoms with E-state index in [1.807, 2.05) is 24.3 Å². The van der Waals surface area contributed by atoms with Crippen LogP contribution in [0.3, 0.4) is 0 Å². The van der Waals surface area contributed by atoms with E-state index in [4.69, 9.17) is 0 Å². The van der Waals surface area contributed by atoms with Crippen LogP contribution in [0.25, 0.3) is 0 Å². The Balaban J connectivity index is 1.35. The molecule has 0 aliphatic heterocycles. The first-order valence-electron chi connectivity index (χ1n) is 17.6. The minimum atomic E-state index is 0.238. The molecular weight excluding hydrogens is 512 g/mol. The van der Waals surface area contributed by atoms with Crippen molar-refractivity contribution in [3.05, 3.63) is 59.7 Å². The van der Waals surface area contributed by atoms with Crippen molar-refractivity contribution >= 4 is 0 Å². The van der Waals surface area contributed by atoms with E-state index in [9.17, 15) is 10.2 Å². The first kappa shape index (κ1) is 27.6. The van der Waals surface area contributed by atoms with Crippen molar-refractivity contribution in [2.75, 3.05) is 0 Å². The lowest BCUT2D eigenvalue weighted by Gasteiger charge is -2.81. The highest BCUT2D eigenvalue weighted by molar-refractivity contribution is 5.41. The lowest BCUT2D eigenvalue weighted by atomic mass is 9.23. The minimum Gasteiger partial charge on any atom is -0.508 e. The Morgan fingerprint density at radius 3 is 0.952 bits per heavy atom. The van der Waals surface area contributed by atoms with Gasteiger partial charge in [0.25, 0.3) is 0 Å². The molecule has 0 spiro atoms. The van der Waals surface area contributed by atoms with E-state index in [1.54, 1.807) is 0 Å². The van der Waals surface area contributed by atoms with Crippen molar-refractivity contribution in [3.8, 4) is 11.5 Å². The van der Waals surface area contributed by atoms with Crippen LogP contribution in [0, 0.1) is 32.5 Å². The van der Waals surface area contributed by atoms with Crippen molar-refractivity contribution in [2.45, 2.75) is 141 Å². The van der Waals surface area contributed by atoms with Gasteiger partial charge < -0.3 is 10.2 Å². The average molecular weight is 567 g/mol. The van der Waals surface area contributed by atoms with Crippen molar-refractivity contribution in [2.24, 2.45) is 32.5 Å². The van der Waals surface area contributed by atoms with Gasteiger partial charge in [-0.3, -0.25) is 0 Å². The van der Waals surface area contributed by atoms with Crippen LogP contribution in [0.15, 0.2) is 48.5 Å². The van der Waals surface area contributed by atoms with Crippen LogP contribution in [0.2, 0.25) is 0 Å². The standard InChI is InChI=1S/C40H54O2/c1-5-33-17-34(6-2)20-37(19-33,29-9-13-31(41)14-10-29)27-39(23-33,24-34)40-25-35(7-3)18-36(8-4,26-40)22-38(21-35,28-40)30-11-15-32(42)16-12-30/h9-16,41-42H,5-8,17-28H2,1-4H3. The van der Waals surface area contributed by atoms with Gasteiger partial charge in [-0.15, -0.1) is 0 Å². The SMILES string of the molecule is CCC12CC3(CC)CC(c4ccc(O)cc4)(C1)CC(C14CC5(CC)CC(CC)(CC(c6ccc(O)cc6)(C5)C1)C4)(C2)C3. The summed E-state index contributed by atoms with van der Waals surface area (Å²) in [6.45, 7) is 10.1. The lowest BCUT2D eigenvalue weighted by Crippen LogP contribution is -2.72. The Hall–Kier alpha value is -1.96. The van der Waals surface area contributed by atoms with Gasteiger partial charge in [-0.25, -0.2) is 0 Å². The van der Waals surface area contributed by atoms with Crippen LogP contribution >= 0.6 is 0 Å². The summed E-state index contributed by atoms with van der Waals surface area (Å²) < 4.78 is 0. The molecule has 0 heterocycles. The molecule has 8 aliphatic rings. The molecule has 0 aromatic heterocycles. The Morgan fingerprint density at radius 1 is 0.405 bits per heavy atom. The average Bonchev–Trinajstić information content (AvgIpc) is 2.96. The summed E-state index contributed by atoms with van der Waals surface area (Å²) in [4.78, 5) is 0. The van der Waals surface area contributed by atoms with Gasteiger partial charge in [-0.1, -0.05) is 77.6 Å². The molecule has 2 heteroatoms. The summed E-state index contributed by atoms with van der Waals surface area (Å²) in [5.74, 6) is 0.806. The second-order valence-electron chi connectivity index (χ2n) is 17.8. The largest absolute Gasteiger partial charge is 0.508 e. The monoisotopic (exact) mass is 566 g/mol. The van der Waals surface area contributed by atoms with E-state index in [1.165, 1.54) is 114 Å². The number of benzene rings is 2. The fourth-order valence-electron chi connectivity index (χ4n) is 15.0. The summed E-state index contributed by atoms with van der Waals surface area (Å²) in [6.07, 6.45) is 22.0. The second-order valence-corrected chi connectivity index (χ2v) is 17.8. The van der Waals surface area contributed by atoms with Crippen LogP contribution in [0.1, 0.15) is 142 Å². The third-order valence-corrected chi connectivity index (χ3v) is 15.6. The number of hydrogen-bond donors (Lipinski definition) is 2. The van der Waals surface area contributed by atoms with Gasteiger partial charge in [0.15, 0.2) is 0 Å². The zero-order chi connectivity index (χ0) is 29.3. The van der Waals surface area contributed by atoms with E-state index in [2.05, 4.69) is 52.0 Å². The molecule has 8 saturated carbocycles. The van der Waals surface area contributed by atoms with E-state index in [0.717, 1.165) is 0 Å². The zero-order valence-electron chi connectivity index (χ0n) is 26.8. The van der Waals surface area contributed by atoms with Crippen LogP contribution in [-0.4, -0.2) is 10.2 Å². The van der Waals surface area contributed by atoms with E-state index in [0.29, 0.717) is 44.0 Å². The first-order chi connectivity index (χ1) is 20.0. The molecule has 8 aliphatic carbocycles. The van der Waals surface area contributed by atoms with Crippen molar-refractivity contribution in [3.63, 3.8) is 0 Å². The summed E-state index contributed by atoms with van der Waals surface area (Å²) in [7, 11) is 0.